The summed E-state index contributed by atoms with van der Waals surface area (Å²) in [7, 11) is 2.97. The number of nitrogen functional groups attached to an aromatic ring is 1. The number of ether oxygens (including phenoxy) is 2. The number of hydrogen-bond donors (Lipinski definition) is 3. The van der Waals surface area contributed by atoms with Gasteiger partial charge in [0.1, 0.15) is 0 Å². The van der Waals surface area contributed by atoms with Crippen LogP contribution in [0.2, 0.25) is 0 Å². The minimum Gasteiger partial charge on any atom is -0.493 e. The summed E-state index contributed by atoms with van der Waals surface area (Å²) in [5.74, 6) is 0.519. The molecule has 0 aliphatic rings. The quantitative estimate of drug-likeness (QED) is 0.661. The molecule has 0 bridgehead atoms. The van der Waals surface area contributed by atoms with Crippen molar-refractivity contribution in [3.05, 3.63) is 17.7 Å². The van der Waals surface area contributed by atoms with E-state index >= 15 is 0 Å². The Kier molecular flexibility index (Phi) is 4.79. The van der Waals surface area contributed by atoms with Crippen LogP contribution in [0.25, 0.3) is 0 Å². The van der Waals surface area contributed by atoms with Gasteiger partial charge in [0.05, 0.1) is 26.4 Å². The number of nitrogens with one attached hydrogen (secondary N) is 1. The smallest absolute Gasteiger partial charge is 0.253 e. The number of hydrogen-bond acceptors (Lipinski definition) is 5. The Hall–Kier alpha value is -1.95. The number of nitrogens with two attached hydrogens (primary N) is 1. The molecule has 6 heteroatoms. The second-order valence-corrected chi connectivity index (χ2v) is 3.85. The van der Waals surface area contributed by atoms with Gasteiger partial charge in [-0.15, -0.1) is 0 Å². The maximum absolute atomic E-state index is 11.9. The van der Waals surface area contributed by atoms with Crippen LogP contribution in [0.15, 0.2) is 12.1 Å². The third-order valence-corrected chi connectivity index (χ3v) is 2.45. The van der Waals surface area contributed by atoms with Gasteiger partial charge in [-0.2, -0.15) is 0 Å². The molecule has 1 atom stereocenters. The van der Waals surface area contributed by atoms with Gasteiger partial charge in [0.25, 0.3) is 5.91 Å². The summed E-state index contributed by atoms with van der Waals surface area (Å²) >= 11 is 0. The summed E-state index contributed by atoms with van der Waals surface area (Å²) in [5, 5.41) is 11.5. The number of rotatable bonds is 5. The number of benzene rings is 1. The molecule has 0 saturated carbocycles. The standard InChI is InChI=1S/C12H18N2O4/c1-7(6-15)14-12(16)8-4-10(17-2)11(18-3)5-9(8)13/h4-5,7,15H,6,13H2,1-3H3,(H,14,16). The Labute approximate surface area is 106 Å². The van der Waals surface area contributed by atoms with Crippen molar-refractivity contribution in [3.8, 4) is 11.5 Å². The molecule has 0 saturated heterocycles. The normalized spacial score (nSPS) is 11.8. The van der Waals surface area contributed by atoms with E-state index in [9.17, 15) is 4.79 Å². The molecule has 0 aromatic heterocycles. The number of carbonyl (C=O) groups excluding carboxylic acids is 1. The molecule has 1 rings (SSSR count). The van der Waals surface area contributed by atoms with E-state index in [1.807, 2.05) is 0 Å². The van der Waals surface area contributed by atoms with Crippen LogP contribution in [0.3, 0.4) is 0 Å². The van der Waals surface area contributed by atoms with E-state index < -0.39 is 0 Å². The number of aliphatic hydroxyl groups is 1. The molecule has 6 nitrogen and oxygen atoms in total. The van der Waals surface area contributed by atoms with Crippen LogP contribution in [-0.4, -0.2) is 37.9 Å². The molecule has 1 amide bonds. The molecule has 0 radical (unpaired) electrons. The second kappa shape index (κ2) is 6.11. The maximum Gasteiger partial charge on any atom is 0.253 e. The predicted molar refractivity (Wildman–Crippen MR) is 68.0 cm³/mol. The third-order valence-electron chi connectivity index (χ3n) is 2.45. The highest BCUT2D eigenvalue weighted by molar-refractivity contribution is 6.00. The lowest BCUT2D eigenvalue weighted by Crippen LogP contribution is -2.35. The van der Waals surface area contributed by atoms with Crippen LogP contribution in [0.4, 0.5) is 5.69 Å². The number of aliphatic hydroxyl groups excluding tert-OH is 1. The highest BCUT2D eigenvalue weighted by Gasteiger charge is 2.16. The van der Waals surface area contributed by atoms with Crippen LogP contribution >= 0.6 is 0 Å². The molecular weight excluding hydrogens is 236 g/mol. The Morgan fingerprint density at radius 2 is 1.94 bits per heavy atom. The van der Waals surface area contributed by atoms with Gasteiger partial charge < -0.3 is 25.6 Å². The zero-order valence-corrected chi connectivity index (χ0v) is 10.7. The monoisotopic (exact) mass is 254 g/mol. The van der Waals surface area contributed by atoms with Crippen molar-refractivity contribution in [2.45, 2.75) is 13.0 Å². The summed E-state index contributed by atoms with van der Waals surface area (Å²) in [6.07, 6.45) is 0. The van der Waals surface area contributed by atoms with Crippen molar-refractivity contribution < 1.29 is 19.4 Å². The molecule has 0 aliphatic heterocycles. The average Bonchev–Trinajstić information content (AvgIpc) is 2.37. The van der Waals surface area contributed by atoms with Crippen LogP contribution in [-0.2, 0) is 0 Å². The van der Waals surface area contributed by atoms with Gasteiger partial charge in [-0.25, -0.2) is 0 Å². The van der Waals surface area contributed by atoms with E-state index in [0.717, 1.165) is 0 Å². The molecule has 100 valence electrons. The first-order valence-corrected chi connectivity index (χ1v) is 5.46. The Bertz CT molecular complexity index is 434. The van der Waals surface area contributed by atoms with E-state index in [2.05, 4.69) is 5.32 Å². The minimum absolute atomic E-state index is 0.140. The summed E-state index contributed by atoms with van der Waals surface area (Å²) in [6.45, 7) is 1.55. The summed E-state index contributed by atoms with van der Waals surface area (Å²) < 4.78 is 10.2. The van der Waals surface area contributed by atoms with E-state index in [0.29, 0.717) is 11.5 Å². The molecule has 0 fully saturated rings. The van der Waals surface area contributed by atoms with Gasteiger partial charge >= 0.3 is 0 Å². The average molecular weight is 254 g/mol. The molecule has 0 heterocycles. The number of amides is 1. The lowest BCUT2D eigenvalue weighted by molar-refractivity contribution is 0.0923. The fraction of sp³-hybridized carbons (Fsp3) is 0.417. The zero-order chi connectivity index (χ0) is 13.7. The van der Waals surface area contributed by atoms with Gasteiger partial charge in [0.2, 0.25) is 0 Å². The molecule has 4 N–H and O–H groups in total. The van der Waals surface area contributed by atoms with Gasteiger partial charge in [0, 0.05) is 17.8 Å². The lowest BCUT2D eigenvalue weighted by Gasteiger charge is -2.14. The molecule has 18 heavy (non-hydrogen) atoms. The number of anilines is 1. The summed E-state index contributed by atoms with van der Waals surface area (Å²) in [5.41, 5.74) is 6.35. The highest BCUT2D eigenvalue weighted by atomic mass is 16.5. The molecule has 1 aromatic carbocycles. The van der Waals surface area contributed by atoms with Gasteiger partial charge in [0.15, 0.2) is 11.5 Å². The molecule has 0 aliphatic carbocycles. The largest absolute Gasteiger partial charge is 0.493 e. The van der Waals surface area contributed by atoms with E-state index in [1.54, 1.807) is 6.92 Å². The molecule has 0 spiro atoms. The lowest BCUT2D eigenvalue weighted by atomic mass is 10.1. The Morgan fingerprint density at radius 1 is 1.39 bits per heavy atom. The fourth-order valence-electron chi connectivity index (χ4n) is 1.44. The first-order valence-electron chi connectivity index (χ1n) is 5.46. The zero-order valence-electron chi connectivity index (χ0n) is 10.7. The van der Waals surface area contributed by atoms with Crippen molar-refractivity contribution in [2.75, 3.05) is 26.6 Å². The van der Waals surface area contributed by atoms with Gasteiger partial charge in [-0.1, -0.05) is 0 Å². The SMILES string of the molecule is COc1cc(N)c(C(=O)NC(C)CO)cc1OC. The van der Waals surface area contributed by atoms with Gasteiger partial charge in [-0.3, -0.25) is 4.79 Å². The third kappa shape index (κ3) is 3.04. The van der Waals surface area contributed by atoms with E-state index in [4.69, 9.17) is 20.3 Å². The molecule has 1 aromatic rings. The van der Waals surface area contributed by atoms with Crippen molar-refractivity contribution in [2.24, 2.45) is 0 Å². The van der Waals surface area contributed by atoms with Crippen LogP contribution < -0.4 is 20.5 Å². The second-order valence-electron chi connectivity index (χ2n) is 3.85. The fourth-order valence-corrected chi connectivity index (χ4v) is 1.44. The van der Waals surface area contributed by atoms with Crippen LogP contribution in [0, 0.1) is 0 Å². The van der Waals surface area contributed by atoms with Crippen LogP contribution in [0.1, 0.15) is 17.3 Å². The predicted octanol–water partition coefficient (Wildman–Crippen LogP) is 0.397. The van der Waals surface area contributed by atoms with Crippen molar-refractivity contribution >= 4 is 11.6 Å². The summed E-state index contributed by atoms with van der Waals surface area (Å²) in [4.78, 5) is 11.9. The first-order chi connectivity index (χ1) is 8.53. The van der Waals surface area contributed by atoms with E-state index in [-0.39, 0.29) is 29.8 Å². The van der Waals surface area contributed by atoms with Crippen molar-refractivity contribution in [1.82, 2.24) is 5.32 Å². The van der Waals surface area contributed by atoms with E-state index in [1.165, 1.54) is 26.4 Å². The number of methoxy groups -OCH3 is 2. The highest BCUT2D eigenvalue weighted by Crippen LogP contribution is 2.31. The molecular formula is C12H18N2O4. The Balaban J connectivity index is 3.05. The minimum atomic E-state index is -0.366. The Morgan fingerprint density at radius 3 is 2.44 bits per heavy atom. The number of carbonyl (C=O) groups is 1. The van der Waals surface area contributed by atoms with Crippen molar-refractivity contribution in [1.29, 1.82) is 0 Å². The van der Waals surface area contributed by atoms with Crippen molar-refractivity contribution in [3.63, 3.8) is 0 Å². The maximum atomic E-state index is 11.9. The van der Waals surface area contributed by atoms with Gasteiger partial charge in [-0.05, 0) is 13.0 Å². The first kappa shape index (κ1) is 14.1. The van der Waals surface area contributed by atoms with Crippen LogP contribution in [0.5, 0.6) is 11.5 Å². The summed E-state index contributed by atoms with van der Waals surface area (Å²) in [6, 6.07) is 2.69. The topological polar surface area (TPSA) is 93.8 Å². The molecule has 1 unspecified atom stereocenters.